The third kappa shape index (κ3) is 4.88. The SMILES string of the molecule is O=C1N(CN2CCN(c3ccc([N+](=O)[O-])c(NCc4ccccc4)c3)CC2)c2ccccc2C12OCC(CCl)O2. The molecule has 1 amide bonds. The predicted molar refractivity (Wildman–Crippen MR) is 153 cm³/mol. The highest BCUT2D eigenvalue weighted by atomic mass is 35.5. The molecular weight excluding hydrogens is 534 g/mol. The van der Waals surface area contributed by atoms with Crippen molar-refractivity contribution >= 4 is 40.3 Å². The number of amides is 1. The quantitative estimate of drug-likeness (QED) is 0.248. The fourth-order valence-electron chi connectivity index (χ4n) is 5.53. The molecule has 11 heteroatoms. The summed E-state index contributed by atoms with van der Waals surface area (Å²) in [5.41, 5.74) is 4.00. The molecule has 3 aliphatic heterocycles. The second-order valence-electron chi connectivity index (χ2n) is 10.1. The molecule has 3 aromatic carbocycles. The van der Waals surface area contributed by atoms with E-state index in [9.17, 15) is 14.9 Å². The van der Waals surface area contributed by atoms with Crippen LogP contribution in [0.4, 0.5) is 22.7 Å². The molecule has 2 fully saturated rings. The van der Waals surface area contributed by atoms with E-state index in [1.165, 1.54) is 0 Å². The monoisotopic (exact) mass is 563 g/mol. The van der Waals surface area contributed by atoms with Crippen LogP contribution in [-0.2, 0) is 26.6 Å². The summed E-state index contributed by atoms with van der Waals surface area (Å²) in [5.74, 6) is -1.40. The number of anilines is 3. The van der Waals surface area contributed by atoms with Crippen molar-refractivity contribution < 1.29 is 19.2 Å². The van der Waals surface area contributed by atoms with Crippen LogP contribution < -0.4 is 15.1 Å². The van der Waals surface area contributed by atoms with Gasteiger partial charge in [0.25, 0.3) is 17.4 Å². The van der Waals surface area contributed by atoms with Crippen molar-refractivity contribution in [1.29, 1.82) is 0 Å². The number of para-hydroxylation sites is 1. The summed E-state index contributed by atoms with van der Waals surface area (Å²) in [6.45, 7) is 4.04. The minimum Gasteiger partial charge on any atom is -0.375 e. The topological polar surface area (TPSA) is 100 Å². The Balaban J connectivity index is 1.13. The molecule has 0 radical (unpaired) electrons. The van der Waals surface area contributed by atoms with E-state index in [1.54, 1.807) is 17.0 Å². The number of carbonyl (C=O) groups is 1. The van der Waals surface area contributed by atoms with E-state index in [0.717, 1.165) is 16.9 Å². The van der Waals surface area contributed by atoms with Crippen LogP contribution in [0.2, 0.25) is 0 Å². The highest BCUT2D eigenvalue weighted by Gasteiger charge is 2.58. The summed E-state index contributed by atoms with van der Waals surface area (Å²) in [6.07, 6.45) is -0.337. The lowest BCUT2D eigenvalue weighted by Crippen LogP contribution is -2.52. The van der Waals surface area contributed by atoms with Gasteiger partial charge in [0.2, 0.25) is 0 Å². The Kier molecular flexibility index (Phi) is 7.33. The standard InChI is InChI=1S/C29H30ClN5O5/c30-17-23-19-39-29(40-23)24-8-4-5-9-26(24)34(28(29)36)20-32-12-14-33(15-13-32)22-10-11-27(35(37)38)25(16-22)31-18-21-6-2-1-3-7-21/h1-11,16,23,31H,12-15,17-20H2. The Morgan fingerprint density at radius 2 is 1.77 bits per heavy atom. The lowest BCUT2D eigenvalue weighted by atomic mass is 10.1. The molecule has 6 rings (SSSR count). The minimum absolute atomic E-state index is 0.0474. The van der Waals surface area contributed by atoms with Gasteiger partial charge in [-0.1, -0.05) is 48.5 Å². The number of rotatable bonds is 8. The summed E-state index contributed by atoms with van der Waals surface area (Å²) >= 11 is 6.00. The molecule has 10 nitrogen and oxygen atoms in total. The van der Waals surface area contributed by atoms with Crippen LogP contribution in [0.1, 0.15) is 11.1 Å². The van der Waals surface area contributed by atoms with Crippen molar-refractivity contribution in [1.82, 2.24) is 4.90 Å². The number of nitrogens with one attached hydrogen (secondary N) is 1. The zero-order valence-corrected chi connectivity index (χ0v) is 22.6. The van der Waals surface area contributed by atoms with Crippen LogP contribution in [0, 0.1) is 10.1 Å². The normalized spacial score (nSPS) is 22.6. The number of fused-ring (bicyclic) bond motifs is 2. The number of nitro groups is 1. The summed E-state index contributed by atoms with van der Waals surface area (Å²) < 4.78 is 12.0. The fourth-order valence-corrected chi connectivity index (χ4v) is 5.69. The van der Waals surface area contributed by atoms with Crippen molar-refractivity contribution in [2.45, 2.75) is 18.4 Å². The first-order chi connectivity index (χ1) is 19.5. The van der Waals surface area contributed by atoms with Gasteiger partial charge < -0.3 is 19.7 Å². The van der Waals surface area contributed by atoms with Gasteiger partial charge in [-0.05, 0) is 23.8 Å². The Hall–Kier alpha value is -3.70. The van der Waals surface area contributed by atoms with Gasteiger partial charge in [-0.2, -0.15) is 0 Å². The minimum atomic E-state index is -1.43. The van der Waals surface area contributed by atoms with Gasteiger partial charge in [-0.15, -0.1) is 11.6 Å². The maximum Gasteiger partial charge on any atom is 0.293 e. The van der Waals surface area contributed by atoms with E-state index in [2.05, 4.69) is 15.1 Å². The molecule has 0 saturated carbocycles. The smallest absolute Gasteiger partial charge is 0.293 e. The lowest BCUT2D eigenvalue weighted by molar-refractivity contribution is -0.384. The molecule has 3 aliphatic rings. The van der Waals surface area contributed by atoms with Gasteiger partial charge in [0.1, 0.15) is 5.69 Å². The molecule has 0 aliphatic carbocycles. The molecule has 3 heterocycles. The first-order valence-corrected chi connectivity index (χ1v) is 13.8. The van der Waals surface area contributed by atoms with Gasteiger partial charge in [-0.25, -0.2) is 0 Å². The highest BCUT2D eigenvalue weighted by Crippen LogP contribution is 2.47. The maximum atomic E-state index is 13.6. The maximum absolute atomic E-state index is 13.6. The van der Waals surface area contributed by atoms with Gasteiger partial charge in [-0.3, -0.25) is 24.7 Å². The molecule has 2 atom stereocenters. The fraction of sp³-hybridized carbons (Fsp3) is 0.345. The Labute approximate surface area is 237 Å². The molecule has 1 N–H and O–H groups in total. The van der Waals surface area contributed by atoms with Crippen LogP contribution in [0.15, 0.2) is 72.8 Å². The second kappa shape index (κ2) is 11.1. The predicted octanol–water partition coefficient (Wildman–Crippen LogP) is 4.14. The highest BCUT2D eigenvalue weighted by molar-refractivity contribution is 6.18. The summed E-state index contributed by atoms with van der Waals surface area (Å²) in [7, 11) is 0. The second-order valence-corrected chi connectivity index (χ2v) is 10.4. The summed E-state index contributed by atoms with van der Waals surface area (Å²) in [6, 6.07) is 22.6. The molecule has 3 aromatic rings. The van der Waals surface area contributed by atoms with Crippen molar-refractivity contribution in [3.63, 3.8) is 0 Å². The van der Waals surface area contributed by atoms with Crippen LogP contribution in [-0.4, -0.2) is 67.2 Å². The number of carbonyl (C=O) groups excluding carboxylic acids is 1. The Bertz CT molecular complexity index is 1400. The van der Waals surface area contributed by atoms with E-state index in [4.69, 9.17) is 21.1 Å². The Morgan fingerprint density at radius 3 is 2.50 bits per heavy atom. The van der Waals surface area contributed by atoms with Gasteiger partial charge in [0.15, 0.2) is 0 Å². The van der Waals surface area contributed by atoms with E-state index < -0.39 is 5.79 Å². The number of hydrogen-bond donors (Lipinski definition) is 1. The molecule has 2 unspecified atom stereocenters. The Morgan fingerprint density at radius 1 is 1.02 bits per heavy atom. The van der Waals surface area contributed by atoms with Crippen LogP contribution in [0.5, 0.6) is 0 Å². The van der Waals surface area contributed by atoms with Crippen LogP contribution >= 0.6 is 11.6 Å². The molecule has 40 heavy (non-hydrogen) atoms. The number of ether oxygens (including phenoxy) is 2. The van der Waals surface area contributed by atoms with Crippen LogP contribution in [0.25, 0.3) is 0 Å². The summed E-state index contributed by atoms with van der Waals surface area (Å²) in [5, 5.41) is 14.9. The third-order valence-corrected chi connectivity index (χ3v) is 7.98. The van der Waals surface area contributed by atoms with Crippen molar-refractivity contribution in [2.75, 3.05) is 60.5 Å². The average molecular weight is 564 g/mol. The summed E-state index contributed by atoms with van der Waals surface area (Å²) in [4.78, 5) is 31.1. The zero-order valence-electron chi connectivity index (χ0n) is 21.9. The molecule has 2 saturated heterocycles. The van der Waals surface area contributed by atoms with Crippen LogP contribution in [0.3, 0.4) is 0 Å². The molecule has 1 spiro atoms. The number of alkyl halides is 1. The molecule has 0 aromatic heterocycles. The number of piperazine rings is 1. The van der Waals surface area contributed by atoms with E-state index >= 15 is 0 Å². The van der Waals surface area contributed by atoms with E-state index in [1.807, 2.05) is 60.7 Å². The zero-order chi connectivity index (χ0) is 27.7. The lowest BCUT2D eigenvalue weighted by Gasteiger charge is -2.38. The number of benzene rings is 3. The number of nitrogens with zero attached hydrogens (tertiary/aromatic N) is 4. The molecule has 0 bridgehead atoms. The molecular formula is C29H30ClN5O5. The van der Waals surface area contributed by atoms with E-state index in [-0.39, 0.29) is 35.1 Å². The first-order valence-electron chi connectivity index (χ1n) is 13.3. The van der Waals surface area contributed by atoms with Crippen molar-refractivity contribution in [3.8, 4) is 0 Å². The average Bonchev–Trinajstić information content (AvgIpc) is 3.53. The van der Waals surface area contributed by atoms with Crippen molar-refractivity contribution in [2.24, 2.45) is 0 Å². The largest absolute Gasteiger partial charge is 0.375 e. The van der Waals surface area contributed by atoms with Gasteiger partial charge >= 0.3 is 0 Å². The van der Waals surface area contributed by atoms with Gasteiger partial charge in [0.05, 0.1) is 35.9 Å². The first kappa shape index (κ1) is 26.5. The number of halogens is 1. The number of hydrogen-bond acceptors (Lipinski definition) is 8. The van der Waals surface area contributed by atoms with E-state index in [0.29, 0.717) is 50.6 Å². The number of nitro benzene ring substituents is 1. The van der Waals surface area contributed by atoms with Crippen molar-refractivity contribution in [3.05, 3.63) is 94.0 Å². The van der Waals surface area contributed by atoms with Gasteiger partial charge in [0, 0.05) is 50.0 Å². The third-order valence-electron chi connectivity index (χ3n) is 7.63. The molecule has 208 valence electrons.